The van der Waals surface area contributed by atoms with E-state index >= 15 is 0 Å². The summed E-state index contributed by atoms with van der Waals surface area (Å²) in [6.07, 6.45) is 9.72. The van der Waals surface area contributed by atoms with Gasteiger partial charge in [-0.1, -0.05) is 19.8 Å². The summed E-state index contributed by atoms with van der Waals surface area (Å²) >= 11 is 1.73. The molecule has 4 rings (SSSR count). The van der Waals surface area contributed by atoms with Crippen molar-refractivity contribution >= 4 is 21.6 Å². The third-order valence-corrected chi connectivity index (χ3v) is 6.37. The van der Waals surface area contributed by atoms with Crippen LogP contribution in [0.3, 0.4) is 0 Å². The van der Waals surface area contributed by atoms with Crippen LogP contribution in [0.4, 0.5) is 0 Å². The average Bonchev–Trinajstić information content (AvgIpc) is 3.14. The van der Waals surface area contributed by atoms with E-state index in [0.29, 0.717) is 12.1 Å². The Morgan fingerprint density at radius 2 is 2.18 bits per heavy atom. The molecule has 2 aliphatic carbocycles. The Morgan fingerprint density at radius 1 is 1.36 bits per heavy atom. The molecule has 1 unspecified atom stereocenters. The van der Waals surface area contributed by atoms with Crippen LogP contribution in [0.25, 0.3) is 10.2 Å². The molecule has 1 N–H and O–H groups in total. The minimum Gasteiger partial charge on any atom is -0.314 e. The summed E-state index contributed by atoms with van der Waals surface area (Å²) in [7, 11) is 0. The van der Waals surface area contributed by atoms with Crippen molar-refractivity contribution in [3.63, 3.8) is 0 Å². The number of fused-ring (bicyclic) bond motifs is 3. The lowest BCUT2D eigenvalue weighted by atomic mass is 9.93. The largest absolute Gasteiger partial charge is 0.314 e. The van der Waals surface area contributed by atoms with Crippen LogP contribution in [0.15, 0.2) is 11.1 Å². The van der Waals surface area contributed by atoms with Gasteiger partial charge in [0.25, 0.3) is 5.56 Å². The van der Waals surface area contributed by atoms with Gasteiger partial charge in [0.05, 0.1) is 11.7 Å². The number of nitrogens with one attached hydrogen (secondary N) is 1. The second-order valence-corrected chi connectivity index (χ2v) is 7.66. The fourth-order valence-corrected chi connectivity index (χ4v) is 5.34. The van der Waals surface area contributed by atoms with Gasteiger partial charge in [0.15, 0.2) is 0 Å². The highest BCUT2D eigenvalue weighted by atomic mass is 32.1. The third-order valence-electron chi connectivity index (χ3n) is 5.21. The SMILES string of the molecule is CCNC1CCc2c(sc3ncn(C4CCCC4)c(=O)c23)C1. The van der Waals surface area contributed by atoms with Gasteiger partial charge in [-0.2, -0.15) is 0 Å². The van der Waals surface area contributed by atoms with E-state index in [1.807, 2.05) is 4.57 Å². The van der Waals surface area contributed by atoms with Gasteiger partial charge in [-0.05, 0) is 44.2 Å². The molecule has 2 heterocycles. The van der Waals surface area contributed by atoms with E-state index in [0.717, 1.165) is 48.9 Å². The van der Waals surface area contributed by atoms with Crippen LogP contribution in [0.2, 0.25) is 0 Å². The van der Waals surface area contributed by atoms with Crippen LogP contribution in [0.5, 0.6) is 0 Å². The summed E-state index contributed by atoms with van der Waals surface area (Å²) in [6.45, 7) is 3.17. The first-order chi connectivity index (χ1) is 10.8. The maximum absolute atomic E-state index is 13.0. The summed E-state index contributed by atoms with van der Waals surface area (Å²) in [5.74, 6) is 0. The minimum absolute atomic E-state index is 0.205. The van der Waals surface area contributed by atoms with Crippen molar-refractivity contribution in [2.24, 2.45) is 0 Å². The Morgan fingerprint density at radius 3 is 2.95 bits per heavy atom. The number of hydrogen-bond acceptors (Lipinski definition) is 4. The first kappa shape index (κ1) is 14.4. The van der Waals surface area contributed by atoms with Crippen LogP contribution < -0.4 is 10.9 Å². The smallest absolute Gasteiger partial charge is 0.262 e. The van der Waals surface area contributed by atoms with Crippen LogP contribution in [-0.4, -0.2) is 22.1 Å². The fourth-order valence-electron chi connectivity index (χ4n) is 4.08. The zero-order valence-corrected chi connectivity index (χ0v) is 13.9. The average molecular weight is 317 g/mol. The Kier molecular flexibility index (Phi) is 3.78. The molecular formula is C17H23N3OS. The van der Waals surface area contributed by atoms with Crippen molar-refractivity contribution in [2.75, 3.05) is 6.54 Å². The molecule has 1 fully saturated rings. The maximum Gasteiger partial charge on any atom is 0.262 e. The molecule has 5 heteroatoms. The first-order valence-electron chi connectivity index (χ1n) is 8.52. The van der Waals surface area contributed by atoms with Crippen molar-refractivity contribution in [3.8, 4) is 0 Å². The normalized spacial score (nSPS) is 22.3. The highest BCUT2D eigenvalue weighted by Gasteiger charge is 2.26. The van der Waals surface area contributed by atoms with E-state index in [4.69, 9.17) is 0 Å². The molecule has 4 nitrogen and oxygen atoms in total. The summed E-state index contributed by atoms with van der Waals surface area (Å²) in [6, 6.07) is 0.931. The Hall–Kier alpha value is -1.20. The topological polar surface area (TPSA) is 46.9 Å². The molecule has 0 spiro atoms. The summed E-state index contributed by atoms with van der Waals surface area (Å²) < 4.78 is 1.92. The molecule has 2 aromatic heterocycles. The molecule has 0 aliphatic heterocycles. The molecule has 0 saturated heterocycles. The predicted octanol–water partition coefficient (Wildman–Crippen LogP) is 3.04. The maximum atomic E-state index is 13.0. The van der Waals surface area contributed by atoms with Gasteiger partial charge in [0.1, 0.15) is 4.83 Å². The van der Waals surface area contributed by atoms with Crippen molar-refractivity contribution in [3.05, 3.63) is 27.1 Å². The van der Waals surface area contributed by atoms with Gasteiger partial charge < -0.3 is 5.32 Å². The number of rotatable bonds is 3. The molecule has 2 aromatic rings. The van der Waals surface area contributed by atoms with Gasteiger partial charge in [0, 0.05) is 17.0 Å². The third kappa shape index (κ3) is 2.31. The van der Waals surface area contributed by atoms with Gasteiger partial charge in [-0.3, -0.25) is 9.36 Å². The van der Waals surface area contributed by atoms with Gasteiger partial charge >= 0.3 is 0 Å². The molecule has 0 bridgehead atoms. The Balaban J connectivity index is 1.77. The van der Waals surface area contributed by atoms with Crippen molar-refractivity contribution in [1.82, 2.24) is 14.9 Å². The molecule has 0 radical (unpaired) electrons. The Labute approximate surface area is 134 Å². The van der Waals surface area contributed by atoms with Crippen LogP contribution >= 0.6 is 11.3 Å². The second kappa shape index (κ2) is 5.78. The van der Waals surface area contributed by atoms with Gasteiger partial charge in [0.2, 0.25) is 0 Å². The predicted molar refractivity (Wildman–Crippen MR) is 90.9 cm³/mol. The molecule has 0 amide bonds. The van der Waals surface area contributed by atoms with Crippen molar-refractivity contribution in [2.45, 2.75) is 64.0 Å². The van der Waals surface area contributed by atoms with Crippen LogP contribution in [0, 0.1) is 0 Å². The number of aryl methyl sites for hydroxylation is 1. The summed E-state index contributed by atoms with van der Waals surface area (Å²) in [4.78, 5) is 19.9. The Bertz CT molecular complexity index is 742. The van der Waals surface area contributed by atoms with Crippen LogP contribution in [-0.2, 0) is 12.8 Å². The van der Waals surface area contributed by atoms with E-state index in [2.05, 4.69) is 17.2 Å². The molecule has 118 valence electrons. The molecule has 0 aromatic carbocycles. The lowest BCUT2D eigenvalue weighted by Crippen LogP contribution is -2.34. The van der Waals surface area contributed by atoms with Crippen molar-refractivity contribution < 1.29 is 0 Å². The summed E-state index contributed by atoms with van der Waals surface area (Å²) in [5.41, 5.74) is 1.50. The number of aromatic nitrogens is 2. The fraction of sp³-hybridized carbons (Fsp3) is 0.647. The zero-order chi connectivity index (χ0) is 15.1. The minimum atomic E-state index is 0.205. The van der Waals surface area contributed by atoms with E-state index in [1.165, 1.54) is 23.3 Å². The molecule has 1 atom stereocenters. The second-order valence-electron chi connectivity index (χ2n) is 6.58. The first-order valence-corrected chi connectivity index (χ1v) is 9.34. The van der Waals surface area contributed by atoms with E-state index in [1.54, 1.807) is 17.7 Å². The number of hydrogen-bond donors (Lipinski definition) is 1. The molecule has 22 heavy (non-hydrogen) atoms. The van der Waals surface area contributed by atoms with E-state index in [9.17, 15) is 4.79 Å². The number of thiophene rings is 1. The zero-order valence-electron chi connectivity index (χ0n) is 13.1. The summed E-state index contributed by atoms with van der Waals surface area (Å²) in [5, 5.41) is 4.46. The molecule has 1 saturated carbocycles. The highest BCUT2D eigenvalue weighted by Crippen LogP contribution is 2.35. The highest BCUT2D eigenvalue weighted by molar-refractivity contribution is 7.18. The van der Waals surface area contributed by atoms with E-state index in [-0.39, 0.29) is 5.56 Å². The monoisotopic (exact) mass is 317 g/mol. The van der Waals surface area contributed by atoms with Crippen molar-refractivity contribution in [1.29, 1.82) is 0 Å². The quantitative estimate of drug-likeness (QED) is 0.946. The van der Waals surface area contributed by atoms with E-state index < -0.39 is 0 Å². The number of likely N-dealkylation sites (N-methyl/N-ethyl adjacent to an activating group) is 1. The van der Waals surface area contributed by atoms with Gasteiger partial charge in [-0.25, -0.2) is 4.98 Å². The molecular weight excluding hydrogens is 294 g/mol. The molecule has 2 aliphatic rings. The van der Waals surface area contributed by atoms with Gasteiger partial charge in [-0.15, -0.1) is 11.3 Å². The van der Waals surface area contributed by atoms with Crippen LogP contribution in [0.1, 0.15) is 55.5 Å². The lowest BCUT2D eigenvalue weighted by Gasteiger charge is -2.22. The standard InChI is InChI=1S/C17H23N3OS/c1-2-18-11-7-8-13-14(9-11)22-16-15(13)17(21)20(10-19-16)12-5-3-4-6-12/h10-12,18H,2-9H2,1H3. The lowest BCUT2D eigenvalue weighted by molar-refractivity contribution is 0.475. The number of nitrogens with zero attached hydrogens (tertiary/aromatic N) is 2.